The average molecular weight is 312 g/mol. The summed E-state index contributed by atoms with van der Waals surface area (Å²) in [5.41, 5.74) is 1.09. The van der Waals surface area contributed by atoms with E-state index in [9.17, 15) is 18.0 Å². The van der Waals surface area contributed by atoms with Gasteiger partial charge in [0, 0.05) is 10.7 Å². The highest BCUT2D eigenvalue weighted by atomic mass is 35.5. The van der Waals surface area contributed by atoms with Gasteiger partial charge in [0.1, 0.15) is 0 Å². The minimum atomic E-state index is -4.39. The first-order valence-corrected chi connectivity index (χ1v) is 6.51. The second-order valence-electron chi connectivity index (χ2n) is 4.77. The molecule has 0 aliphatic carbocycles. The van der Waals surface area contributed by atoms with Crippen LogP contribution in [0.1, 0.15) is 22.6 Å². The Morgan fingerprint density at radius 2 is 1.71 bits per heavy atom. The van der Waals surface area contributed by atoms with Gasteiger partial charge in [-0.1, -0.05) is 29.8 Å². The van der Waals surface area contributed by atoms with Crippen LogP contribution >= 0.6 is 11.6 Å². The normalized spacial score (nSPS) is 17.5. The van der Waals surface area contributed by atoms with Gasteiger partial charge >= 0.3 is 6.18 Å². The van der Waals surface area contributed by atoms with Crippen molar-refractivity contribution in [3.05, 3.63) is 64.2 Å². The third kappa shape index (κ3) is 2.49. The van der Waals surface area contributed by atoms with Gasteiger partial charge < -0.3 is 5.32 Å². The molecule has 1 unspecified atom stereocenters. The predicted octanol–water partition coefficient (Wildman–Crippen LogP) is 4.44. The Kier molecular flexibility index (Phi) is 3.17. The molecule has 2 nitrogen and oxygen atoms in total. The van der Waals surface area contributed by atoms with Crippen molar-refractivity contribution in [3.8, 4) is 0 Å². The van der Waals surface area contributed by atoms with Gasteiger partial charge in [-0.15, -0.1) is 0 Å². The maximum absolute atomic E-state index is 12.6. The molecule has 0 bridgehead atoms. The van der Waals surface area contributed by atoms with Crippen molar-refractivity contribution in [1.82, 2.24) is 0 Å². The predicted molar refractivity (Wildman–Crippen MR) is 73.4 cm³/mol. The molecule has 1 aliphatic heterocycles. The molecule has 1 aliphatic rings. The topological polar surface area (TPSA) is 29.1 Å². The molecule has 0 saturated carbocycles. The van der Waals surface area contributed by atoms with Crippen LogP contribution in [0.3, 0.4) is 0 Å². The van der Waals surface area contributed by atoms with E-state index in [2.05, 4.69) is 5.32 Å². The largest absolute Gasteiger partial charge is 0.416 e. The van der Waals surface area contributed by atoms with Crippen LogP contribution in [0.5, 0.6) is 0 Å². The van der Waals surface area contributed by atoms with Crippen molar-refractivity contribution in [2.24, 2.45) is 0 Å². The molecule has 108 valence electrons. The SMILES string of the molecule is O=C1Nc2cc(Cl)ccc2C1c1ccc(C(F)(F)F)cc1. The molecule has 1 N–H and O–H groups in total. The van der Waals surface area contributed by atoms with E-state index >= 15 is 0 Å². The molecule has 0 saturated heterocycles. The first kappa shape index (κ1) is 13.9. The van der Waals surface area contributed by atoms with Crippen molar-refractivity contribution >= 4 is 23.2 Å². The zero-order chi connectivity index (χ0) is 15.2. The van der Waals surface area contributed by atoms with Gasteiger partial charge in [0.15, 0.2) is 0 Å². The molecule has 21 heavy (non-hydrogen) atoms. The summed E-state index contributed by atoms with van der Waals surface area (Å²) in [6, 6.07) is 9.61. The van der Waals surface area contributed by atoms with E-state index in [1.54, 1.807) is 18.2 Å². The fourth-order valence-electron chi connectivity index (χ4n) is 2.43. The minimum Gasteiger partial charge on any atom is -0.325 e. The number of carbonyl (C=O) groups excluding carboxylic acids is 1. The Labute approximate surface area is 123 Å². The number of anilines is 1. The molecule has 0 aromatic heterocycles. The molecule has 1 heterocycles. The minimum absolute atomic E-state index is 0.271. The molecular weight excluding hydrogens is 303 g/mol. The van der Waals surface area contributed by atoms with Crippen LogP contribution in [0.15, 0.2) is 42.5 Å². The maximum atomic E-state index is 12.6. The van der Waals surface area contributed by atoms with Gasteiger partial charge in [-0.2, -0.15) is 13.2 Å². The summed E-state index contributed by atoms with van der Waals surface area (Å²) < 4.78 is 37.7. The van der Waals surface area contributed by atoms with E-state index in [0.717, 1.165) is 12.1 Å². The standard InChI is InChI=1S/C15H9ClF3NO/c16-10-5-6-11-12(7-10)20-14(21)13(11)8-1-3-9(4-2-8)15(17,18)19/h1-7,13H,(H,20,21). The highest BCUT2D eigenvalue weighted by Gasteiger charge is 2.34. The van der Waals surface area contributed by atoms with E-state index < -0.39 is 17.7 Å². The van der Waals surface area contributed by atoms with Crippen LogP contribution in [-0.2, 0) is 11.0 Å². The van der Waals surface area contributed by atoms with Gasteiger partial charge in [-0.3, -0.25) is 4.79 Å². The molecule has 2 aromatic carbocycles. The maximum Gasteiger partial charge on any atom is 0.416 e. The van der Waals surface area contributed by atoms with Crippen molar-refractivity contribution < 1.29 is 18.0 Å². The first-order chi connectivity index (χ1) is 9.86. The second kappa shape index (κ2) is 4.77. The van der Waals surface area contributed by atoms with Crippen LogP contribution in [0, 0.1) is 0 Å². The van der Waals surface area contributed by atoms with Gasteiger partial charge in [-0.25, -0.2) is 0 Å². The fourth-order valence-corrected chi connectivity index (χ4v) is 2.60. The summed E-state index contributed by atoms with van der Waals surface area (Å²) in [5, 5.41) is 3.17. The number of hydrogen-bond acceptors (Lipinski definition) is 1. The second-order valence-corrected chi connectivity index (χ2v) is 5.21. The smallest absolute Gasteiger partial charge is 0.325 e. The van der Waals surface area contributed by atoms with Crippen LogP contribution in [-0.4, -0.2) is 5.91 Å². The lowest BCUT2D eigenvalue weighted by Gasteiger charge is -2.11. The van der Waals surface area contributed by atoms with Crippen molar-refractivity contribution in [1.29, 1.82) is 0 Å². The fraction of sp³-hybridized carbons (Fsp3) is 0.133. The Morgan fingerprint density at radius 3 is 2.33 bits per heavy atom. The summed E-state index contributed by atoms with van der Waals surface area (Å²) in [5.74, 6) is -0.883. The monoisotopic (exact) mass is 311 g/mol. The number of nitrogens with one attached hydrogen (secondary N) is 1. The van der Waals surface area contributed by atoms with Gasteiger partial charge in [0.25, 0.3) is 0 Å². The molecular formula is C15H9ClF3NO. The third-order valence-electron chi connectivity index (χ3n) is 3.42. The molecule has 1 amide bonds. The summed E-state index contributed by atoms with van der Waals surface area (Å²) in [6.07, 6.45) is -4.39. The molecule has 3 rings (SSSR count). The van der Waals surface area contributed by atoms with Crippen LogP contribution in [0.4, 0.5) is 18.9 Å². The zero-order valence-electron chi connectivity index (χ0n) is 10.5. The van der Waals surface area contributed by atoms with E-state index in [1.807, 2.05) is 0 Å². The molecule has 0 spiro atoms. The lowest BCUT2D eigenvalue weighted by Crippen LogP contribution is -2.13. The van der Waals surface area contributed by atoms with Gasteiger partial charge in [0.05, 0.1) is 11.5 Å². The van der Waals surface area contributed by atoms with Gasteiger partial charge in [0.2, 0.25) is 5.91 Å². The van der Waals surface area contributed by atoms with Crippen molar-refractivity contribution in [2.75, 3.05) is 5.32 Å². The number of hydrogen-bond donors (Lipinski definition) is 1. The zero-order valence-corrected chi connectivity index (χ0v) is 11.3. The lowest BCUT2D eigenvalue weighted by atomic mass is 9.92. The summed E-state index contributed by atoms with van der Waals surface area (Å²) in [7, 11) is 0. The van der Waals surface area contributed by atoms with Crippen LogP contribution in [0.25, 0.3) is 0 Å². The van der Waals surface area contributed by atoms with E-state index in [4.69, 9.17) is 11.6 Å². The molecule has 2 aromatic rings. The van der Waals surface area contributed by atoms with Crippen molar-refractivity contribution in [2.45, 2.75) is 12.1 Å². The quantitative estimate of drug-likeness (QED) is 0.828. The number of carbonyl (C=O) groups is 1. The van der Waals surface area contributed by atoms with E-state index in [1.165, 1.54) is 12.1 Å². The first-order valence-electron chi connectivity index (χ1n) is 6.14. The van der Waals surface area contributed by atoms with Crippen molar-refractivity contribution in [3.63, 3.8) is 0 Å². The summed E-state index contributed by atoms with van der Waals surface area (Å²) >= 11 is 5.86. The summed E-state index contributed by atoms with van der Waals surface area (Å²) in [4.78, 5) is 12.0. The number of halogens is 4. The van der Waals surface area contributed by atoms with E-state index in [0.29, 0.717) is 21.8 Å². The Bertz CT molecular complexity index is 710. The van der Waals surface area contributed by atoms with E-state index in [-0.39, 0.29) is 5.91 Å². The van der Waals surface area contributed by atoms with Gasteiger partial charge in [-0.05, 0) is 35.4 Å². The number of amides is 1. The lowest BCUT2D eigenvalue weighted by molar-refractivity contribution is -0.137. The molecule has 0 fully saturated rings. The highest BCUT2D eigenvalue weighted by Crippen LogP contribution is 2.39. The Morgan fingerprint density at radius 1 is 1.05 bits per heavy atom. The summed E-state index contributed by atoms with van der Waals surface area (Å²) in [6.45, 7) is 0. The number of rotatable bonds is 1. The Balaban J connectivity index is 2.00. The number of benzene rings is 2. The average Bonchev–Trinajstić information content (AvgIpc) is 2.73. The number of alkyl halides is 3. The third-order valence-corrected chi connectivity index (χ3v) is 3.65. The molecule has 1 atom stereocenters. The molecule has 0 radical (unpaired) electrons. The molecule has 6 heteroatoms. The Hall–Kier alpha value is -2.01. The van der Waals surface area contributed by atoms with Crippen LogP contribution < -0.4 is 5.32 Å². The number of fused-ring (bicyclic) bond motifs is 1. The van der Waals surface area contributed by atoms with Crippen LogP contribution in [0.2, 0.25) is 5.02 Å². The highest BCUT2D eigenvalue weighted by molar-refractivity contribution is 6.31.